The lowest BCUT2D eigenvalue weighted by molar-refractivity contribution is -0.0453. The summed E-state index contributed by atoms with van der Waals surface area (Å²) in [6.07, 6.45) is 4.25. The molecular formula is C11H22O3. The van der Waals surface area contributed by atoms with Crippen LogP contribution in [0.4, 0.5) is 0 Å². The molecule has 3 nitrogen and oxygen atoms in total. The Morgan fingerprint density at radius 2 is 2.07 bits per heavy atom. The Balaban J connectivity index is 2.00. The molecule has 0 aliphatic heterocycles. The Kier molecular flexibility index (Phi) is 5.45. The van der Waals surface area contributed by atoms with Crippen molar-refractivity contribution in [3.05, 3.63) is 0 Å². The van der Waals surface area contributed by atoms with E-state index in [2.05, 4.69) is 0 Å². The first-order valence-electron chi connectivity index (χ1n) is 5.59. The molecular weight excluding hydrogens is 180 g/mol. The van der Waals surface area contributed by atoms with E-state index in [0.29, 0.717) is 13.2 Å². The summed E-state index contributed by atoms with van der Waals surface area (Å²) in [7, 11) is 0. The summed E-state index contributed by atoms with van der Waals surface area (Å²) >= 11 is 0. The Morgan fingerprint density at radius 3 is 2.71 bits per heavy atom. The van der Waals surface area contributed by atoms with Crippen LogP contribution in [-0.2, 0) is 9.47 Å². The fourth-order valence-corrected chi connectivity index (χ4v) is 1.77. The van der Waals surface area contributed by atoms with Crippen molar-refractivity contribution in [3.8, 4) is 0 Å². The van der Waals surface area contributed by atoms with E-state index in [1.54, 1.807) is 0 Å². The summed E-state index contributed by atoms with van der Waals surface area (Å²) in [5, 5.41) is 9.41. The van der Waals surface area contributed by atoms with Crippen LogP contribution in [0.5, 0.6) is 0 Å². The van der Waals surface area contributed by atoms with E-state index >= 15 is 0 Å². The van der Waals surface area contributed by atoms with E-state index in [4.69, 9.17) is 9.47 Å². The molecule has 84 valence electrons. The minimum absolute atomic E-state index is 0.153. The lowest BCUT2D eigenvalue weighted by Gasteiger charge is -2.26. The van der Waals surface area contributed by atoms with E-state index in [1.807, 2.05) is 13.8 Å². The molecule has 1 saturated carbocycles. The van der Waals surface area contributed by atoms with Crippen molar-refractivity contribution in [3.63, 3.8) is 0 Å². The van der Waals surface area contributed by atoms with E-state index < -0.39 is 0 Å². The van der Waals surface area contributed by atoms with Gasteiger partial charge >= 0.3 is 0 Å². The fourth-order valence-electron chi connectivity index (χ4n) is 1.77. The molecule has 0 heterocycles. The first-order valence-corrected chi connectivity index (χ1v) is 5.59. The molecule has 0 radical (unpaired) electrons. The van der Waals surface area contributed by atoms with E-state index in [0.717, 1.165) is 25.7 Å². The number of aliphatic hydroxyl groups excluding tert-OH is 1. The molecule has 2 unspecified atom stereocenters. The Morgan fingerprint density at radius 1 is 1.29 bits per heavy atom. The average Bonchev–Trinajstić information content (AvgIpc) is 2.12. The largest absolute Gasteiger partial charge is 0.393 e. The molecule has 1 aliphatic carbocycles. The fraction of sp³-hybridized carbons (Fsp3) is 1.00. The first-order chi connectivity index (χ1) is 6.68. The molecule has 2 atom stereocenters. The summed E-state index contributed by atoms with van der Waals surface area (Å²) in [4.78, 5) is 0. The first kappa shape index (κ1) is 12.0. The van der Waals surface area contributed by atoms with Gasteiger partial charge in [0.15, 0.2) is 0 Å². The number of aliphatic hydroxyl groups is 1. The van der Waals surface area contributed by atoms with Crippen LogP contribution in [0, 0.1) is 0 Å². The van der Waals surface area contributed by atoms with Gasteiger partial charge in [0, 0.05) is 0 Å². The summed E-state index contributed by atoms with van der Waals surface area (Å²) in [5.41, 5.74) is 0. The van der Waals surface area contributed by atoms with Gasteiger partial charge < -0.3 is 14.6 Å². The molecule has 14 heavy (non-hydrogen) atoms. The standard InChI is InChI=1S/C11H22O3/c1-9(2)13-6-7-14-11-5-3-4-10(12)8-11/h9-12H,3-8H2,1-2H3. The van der Waals surface area contributed by atoms with Gasteiger partial charge in [-0.1, -0.05) is 0 Å². The van der Waals surface area contributed by atoms with Gasteiger partial charge in [-0.25, -0.2) is 0 Å². The quantitative estimate of drug-likeness (QED) is 0.690. The van der Waals surface area contributed by atoms with E-state index in [9.17, 15) is 5.11 Å². The predicted molar refractivity (Wildman–Crippen MR) is 55.3 cm³/mol. The smallest absolute Gasteiger partial charge is 0.0704 e. The molecule has 3 heteroatoms. The SMILES string of the molecule is CC(C)OCCOC1CCCC(O)C1. The van der Waals surface area contributed by atoms with Crippen LogP contribution >= 0.6 is 0 Å². The average molecular weight is 202 g/mol. The maximum Gasteiger partial charge on any atom is 0.0704 e. The Bertz CT molecular complexity index is 147. The van der Waals surface area contributed by atoms with Gasteiger partial charge in [-0.05, 0) is 39.5 Å². The third-order valence-corrected chi connectivity index (χ3v) is 2.49. The van der Waals surface area contributed by atoms with Crippen LogP contribution in [0.25, 0.3) is 0 Å². The van der Waals surface area contributed by atoms with Gasteiger partial charge in [-0.2, -0.15) is 0 Å². The van der Waals surface area contributed by atoms with Crippen molar-refractivity contribution in [2.24, 2.45) is 0 Å². The zero-order valence-electron chi connectivity index (χ0n) is 9.24. The highest BCUT2D eigenvalue weighted by Gasteiger charge is 2.20. The normalized spacial score (nSPS) is 28.3. The molecule has 1 fully saturated rings. The van der Waals surface area contributed by atoms with Crippen LogP contribution in [-0.4, -0.2) is 36.6 Å². The van der Waals surface area contributed by atoms with Crippen LogP contribution < -0.4 is 0 Å². The second kappa shape index (κ2) is 6.38. The van der Waals surface area contributed by atoms with Crippen molar-refractivity contribution in [2.75, 3.05) is 13.2 Å². The Labute approximate surface area is 86.4 Å². The van der Waals surface area contributed by atoms with Gasteiger partial charge in [0.05, 0.1) is 31.5 Å². The van der Waals surface area contributed by atoms with Crippen molar-refractivity contribution < 1.29 is 14.6 Å². The van der Waals surface area contributed by atoms with E-state index in [1.165, 1.54) is 0 Å². The summed E-state index contributed by atoms with van der Waals surface area (Å²) < 4.78 is 11.0. The molecule has 0 aromatic heterocycles. The van der Waals surface area contributed by atoms with Gasteiger partial charge in [-0.15, -0.1) is 0 Å². The van der Waals surface area contributed by atoms with Gasteiger partial charge in [0.25, 0.3) is 0 Å². The maximum atomic E-state index is 9.41. The Hall–Kier alpha value is -0.120. The molecule has 0 spiro atoms. The lowest BCUT2D eigenvalue weighted by atomic mass is 9.95. The summed E-state index contributed by atoms with van der Waals surface area (Å²) in [6, 6.07) is 0. The number of hydrogen-bond acceptors (Lipinski definition) is 3. The van der Waals surface area contributed by atoms with Crippen LogP contribution in [0.15, 0.2) is 0 Å². The monoisotopic (exact) mass is 202 g/mol. The van der Waals surface area contributed by atoms with Gasteiger partial charge in [-0.3, -0.25) is 0 Å². The molecule has 0 bridgehead atoms. The second-order valence-corrected chi connectivity index (χ2v) is 4.23. The third-order valence-electron chi connectivity index (χ3n) is 2.49. The highest BCUT2D eigenvalue weighted by atomic mass is 16.5. The third kappa shape index (κ3) is 4.94. The molecule has 0 amide bonds. The number of rotatable bonds is 5. The number of ether oxygens (including phenoxy) is 2. The van der Waals surface area contributed by atoms with Crippen LogP contribution in [0.1, 0.15) is 39.5 Å². The second-order valence-electron chi connectivity index (χ2n) is 4.23. The van der Waals surface area contributed by atoms with Crippen molar-refractivity contribution in [1.82, 2.24) is 0 Å². The molecule has 1 N–H and O–H groups in total. The van der Waals surface area contributed by atoms with Crippen LogP contribution in [0.3, 0.4) is 0 Å². The molecule has 0 aromatic rings. The summed E-state index contributed by atoms with van der Waals surface area (Å²) in [6.45, 7) is 5.34. The molecule has 1 rings (SSSR count). The minimum Gasteiger partial charge on any atom is -0.393 e. The van der Waals surface area contributed by atoms with Crippen LogP contribution in [0.2, 0.25) is 0 Å². The van der Waals surface area contributed by atoms with Crippen molar-refractivity contribution >= 4 is 0 Å². The zero-order chi connectivity index (χ0) is 10.4. The van der Waals surface area contributed by atoms with Crippen molar-refractivity contribution in [1.29, 1.82) is 0 Å². The van der Waals surface area contributed by atoms with Gasteiger partial charge in [0.2, 0.25) is 0 Å². The summed E-state index contributed by atoms with van der Waals surface area (Å²) in [5.74, 6) is 0. The molecule has 0 aromatic carbocycles. The molecule has 0 saturated heterocycles. The maximum absolute atomic E-state index is 9.41. The zero-order valence-corrected chi connectivity index (χ0v) is 9.24. The number of hydrogen-bond donors (Lipinski definition) is 1. The molecule has 1 aliphatic rings. The highest BCUT2D eigenvalue weighted by molar-refractivity contribution is 4.72. The van der Waals surface area contributed by atoms with Gasteiger partial charge in [0.1, 0.15) is 0 Å². The minimum atomic E-state index is -0.153. The highest BCUT2D eigenvalue weighted by Crippen LogP contribution is 2.20. The lowest BCUT2D eigenvalue weighted by Crippen LogP contribution is -2.27. The van der Waals surface area contributed by atoms with E-state index in [-0.39, 0.29) is 18.3 Å². The van der Waals surface area contributed by atoms with Crippen molar-refractivity contribution in [2.45, 2.75) is 57.8 Å². The topological polar surface area (TPSA) is 38.7 Å². The predicted octanol–water partition coefficient (Wildman–Crippen LogP) is 1.73.